The molecule has 0 bridgehead atoms. The molecule has 114 valence electrons. The van der Waals surface area contributed by atoms with Crippen molar-refractivity contribution in [1.82, 2.24) is 10.6 Å². The summed E-state index contributed by atoms with van der Waals surface area (Å²) in [7, 11) is 0. The van der Waals surface area contributed by atoms with Crippen LogP contribution in [-0.4, -0.2) is 30.5 Å². The number of piperidine rings is 1. The lowest BCUT2D eigenvalue weighted by Crippen LogP contribution is -2.51. The van der Waals surface area contributed by atoms with E-state index in [-0.39, 0.29) is 17.9 Å². The Labute approximate surface area is 125 Å². The number of benzene rings is 1. The highest BCUT2D eigenvalue weighted by molar-refractivity contribution is 5.82. The van der Waals surface area contributed by atoms with Crippen molar-refractivity contribution in [2.45, 2.75) is 45.3 Å². The molecule has 1 fully saturated rings. The van der Waals surface area contributed by atoms with Gasteiger partial charge in [0.05, 0.1) is 0 Å². The molecule has 1 aliphatic heterocycles. The Morgan fingerprint density at radius 1 is 1.52 bits per heavy atom. The molecule has 1 heterocycles. The highest BCUT2D eigenvalue weighted by Crippen LogP contribution is 2.16. The Morgan fingerprint density at radius 2 is 2.33 bits per heavy atom. The Bertz CT molecular complexity index is 506. The largest absolute Gasteiger partial charge is 0.481 e. The van der Waals surface area contributed by atoms with E-state index >= 15 is 0 Å². The number of nitrogens with one attached hydrogen (secondary N) is 2. The van der Waals surface area contributed by atoms with Gasteiger partial charge in [0.25, 0.3) is 5.91 Å². The number of carbonyl (C=O) groups is 2. The number of ether oxygens (including phenoxy) is 1. The normalized spacial score (nSPS) is 19.5. The lowest BCUT2D eigenvalue weighted by Gasteiger charge is -2.26. The molecule has 5 heteroatoms. The monoisotopic (exact) mass is 290 g/mol. The summed E-state index contributed by atoms with van der Waals surface area (Å²) in [5.74, 6) is 0.623. The molecule has 1 aromatic rings. The predicted molar refractivity (Wildman–Crippen MR) is 80.1 cm³/mol. The summed E-state index contributed by atoms with van der Waals surface area (Å²) in [6, 6.07) is 7.65. The van der Waals surface area contributed by atoms with Gasteiger partial charge in [0.15, 0.2) is 6.10 Å². The van der Waals surface area contributed by atoms with E-state index in [9.17, 15) is 9.59 Å². The summed E-state index contributed by atoms with van der Waals surface area (Å²) in [6.45, 7) is 4.40. The van der Waals surface area contributed by atoms with Crippen LogP contribution < -0.4 is 15.4 Å². The zero-order chi connectivity index (χ0) is 15.2. The maximum Gasteiger partial charge on any atom is 0.261 e. The minimum Gasteiger partial charge on any atom is -0.481 e. The quantitative estimate of drug-likeness (QED) is 0.864. The molecule has 2 amide bonds. The molecule has 0 spiro atoms. The van der Waals surface area contributed by atoms with Crippen molar-refractivity contribution < 1.29 is 14.3 Å². The number of aryl methyl sites for hydroxylation is 1. The molecule has 0 aliphatic carbocycles. The lowest BCUT2D eigenvalue weighted by atomic mass is 10.1. The van der Waals surface area contributed by atoms with Gasteiger partial charge in [-0.3, -0.25) is 9.59 Å². The van der Waals surface area contributed by atoms with Crippen molar-refractivity contribution in [3.8, 4) is 5.75 Å². The van der Waals surface area contributed by atoms with E-state index in [1.807, 2.05) is 38.1 Å². The van der Waals surface area contributed by atoms with Gasteiger partial charge in [-0.15, -0.1) is 0 Å². The van der Waals surface area contributed by atoms with Gasteiger partial charge in [-0.05, 0) is 37.5 Å². The summed E-state index contributed by atoms with van der Waals surface area (Å²) in [5.41, 5.74) is 1.10. The van der Waals surface area contributed by atoms with Crippen molar-refractivity contribution in [2.75, 3.05) is 6.54 Å². The molecule has 0 saturated carbocycles. The van der Waals surface area contributed by atoms with E-state index in [2.05, 4.69) is 10.6 Å². The molecule has 2 atom stereocenters. The van der Waals surface area contributed by atoms with Gasteiger partial charge < -0.3 is 15.4 Å². The number of hydrogen-bond donors (Lipinski definition) is 2. The van der Waals surface area contributed by atoms with Crippen molar-refractivity contribution in [1.29, 1.82) is 0 Å². The van der Waals surface area contributed by atoms with E-state index in [0.717, 1.165) is 5.56 Å². The number of carbonyl (C=O) groups excluding carboxylic acids is 2. The molecule has 1 aliphatic rings. The molecule has 2 unspecified atom stereocenters. The molecule has 1 saturated heterocycles. The van der Waals surface area contributed by atoms with Crippen LogP contribution in [0.1, 0.15) is 31.7 Å². The summed E-state index contributed by atoms with van der Waals surface area (Å²) in [6.07, 6.45) is 1.22. The fraction of sp³-hybridized carbons (Fsp3) is 0.500. The van der Waals surface area contributed by atoms with Gasteiger partial charge in [0.1, 0.15) is 5.75 Å². The van der Waals surface area contributed by atoms with Crippen molar-refractivity contribution in [3.63, 3.8) is 0 Å². The zero-order valence-corrected chi connectivity index (χ0v) is 12.5. The van der Waals surface area contributed by atoms with E-state index in [4.69, 9.17) is 4.74 Å². The van der Waals surface area contributed by atoms with Gasteiger partial charge in [0, 0.05) is 19.0 Å². The van der Waals surface area contributed by atoms with Crippen LogP contribution in [0.3, 0.4) is 0 Å². The second-order valence-corrected chi connectivity index (χ2v) is 5.38. The third-order valence-electron chi connectivity index (χ3n) is 3.54. The van der Waals surface area contributed by atoms with Crippen molar-refractivity contribution >= 4 is 11.8 Å². The predicted octanol–water partition coefficient (Wildman–Crippen LogP) is 1.55. The van der Waals surface area contributed by atoms with Gasteiger partial charge >= 0.3 is 0 Å². The Hall–Kier alpha value is -2.04. The van der Waals surface area contributed by atoms with E-state index in [1.165, 1.54) is 0 Å². The fourth-order valence-corrected chi connectivity index (χ4v) is 2.33. The van der Waals surface area contributed by atoms with E-state index in [0.29, 0.717) is 31.6 Å². The van der Waals surface area contributed by atoms with Crippen LogP contribution in [0.2, 0.25) is 0 Å². The maximum atomic E-state index is 12.3. The molecule has 0 aromatic heterocycles. The smallest absolute Gasteiger partial charge is 0.261 e. The van der Waals surface area contributed by atoms with Crippen LogP contribution in [0.25, 0.3) is 0 Å². The van der Waals surface area contributed by atoms with Crippen LogP contribution in [0.15, 0.2) is 24.3 Å². The third kappa shape index (κ3) is 4.48. The first-order valence-corrected chi connectivity index (χ1v) is 7.39. The first kappa shape index (κ1) is 15.4. The number of rotatable bonds is 5. The first-order chi connectivity index (χ1) is 10.1. The van der Waals surface area contributed by atoms with Gasteiger partial charge in [-0.1, -0.05) is 19.1 Å². The number of amides is 2. The van der Waals surface area contributed by atoms with E-state index < -0.39 is 6.10 Å². The average Bonchev–Trinajstić information content (AvgIpc) is 2.47. The highest BCUT2D eigenvalue weighted by Gasteiger charge is 2.24. The molecular formula is C16H22N2O3. The third-order valence-corrected chi connectivity index (χ3v) is 3.54. The summed E-state index contributed by atoms with van der Waals surface area (Å²) >= 11 is 0. The van der Waals surface area contributed by atoms with Crippen molar-refractivity contribution in [2.24, 2.45) is 0 Å². The Kier molecular flexibility index (Phi) is 5.20. The summed E-state index contributed by atoms with van der Waals surface area (Å²) in [5, 5.41) is 5.70. The van der Waals surface area contributed by atoms with Crippen LogP contribution in [0, 0.1) is 6.92 Å². The summed E-state index contributed by atoms with van der Waals surface area (Å²) in [4.78, 5) is 23.4. The fourth-order valence-electron chi connectivity index (χ4n) is 2.33. The highest BCUT2D eigenvalue weighted by atomic mass is 16.5. The molecule has 2 N–H and O–H groups in total. The minimum absolute atomic E-state index is 0.00893. The van der Waals surface area contributed by atoms with Gasteiger partial charge in [0.2, 0.25) is 5.91 Å². The molecule has 5 nitrogen and oxygen atoms in total. The Morgan fingerprint density at radius 3 is 2.95 bits per heavy atom. The average molecular weight is 290 g/mol. The van der Waals surface area contributed by atoms with Gasteiger partial charge in [-0.2, -0.15) is 0 Å². The lowest BCUT2D eigenvalue weighted by molar-refractivity contribution is -0.130. The summed E-state index contributed by atoms with van der Waals surface area (Å²) < 4.78 is 5.77. The SMILES string of the molecule is CCC(Oc1cccc(C)c1)C(=O)NC1CCC(=O)NC1. The second kappa shape index (κ2) is 7.11. The minimum atomic E-state index is -0.510. The number of hydrogen-bond acceptors (Lipinski definition) is 3. The van der Waals surface area contributed by atoms with Gasteiger partial charge in [-0.25, -0.2) is 0 Å². The topological polar surface area (TPSA) is 67.4 Å². The molecule has 21 heavy (non-hydrogen) atoms. The molecule has 0 radical (unpaired) electrons. The van der Waals surface area contributed by atoms with E-state index in [1.54, 1.807) is 0 Å². The molecular weight excluding hydrogens is 268 g/mol. The first-order valence-electron chi connectivity index (χ1n) is 7.39. The van der Waals surface area contributed by atoms with Crippen LogP contribution in [-0.2, 0) is 9.59 Å². The standard InChI is InChI=1S/C16H22N2O3/c1-3-14(21-13-6-4-5-11(2)9-13)16(20)18-12-7-8-15(19)17-10-12/h4-6,9,12,14H,3,7-8,10H2,1-2H3,(H,17,19)(H,18,20). The maximum absolute atomic E-state index is 12.3. The zero-order valence-electron chi connectivity index (χ0n) is 12.5. The Balaban J connectivity index is 1.90. The molecule has 2 rings (SSSR count). The van der Waals surface area contributed by atoms with Crippen LogP contribution >= 0.6 is 0 Å². The van der Waals surface area contributed by atoms with Crippen LogP contribution in [0.5, 0.6) is 5.75 Å². The second-order valence-electron chi connectivity index (χ2n) is 5.38. The van der Waals surface area contributed by atoms with Crippen molar-refractivity contribution in [3.05, 3.63) is 29.8 Å². The molecule has 1 aromatic carbocycles. The van der Waals surface area contributed by atoms with Crippen LogP contribution in [0.4, 0.5) is 0 Å².